The molecule has 0 N–H and O–H groups in total. The Balaban J connectivity index is 1.88. The molecule has 0 saturated heterocycles. The second kappa shape index (κ2) is 4.70. The molecule has 1 aromatic carbocycles. The van der Waals surface area contributed by atoms with Gasteiger partial charge in [0, 0.05) is 24.3 Å². The van der Waals surface area contributed by atoms with Gasteiger partial charge in [0.05, 0.1) is 22.5 Å². The Morgan fingerprint density at radius 3 is 3.05 bits per heavy atom. The Kier molecular flexibility index (Phi) is 2.84. The van der Waals surface area contributed by atoms with Crippen LogP contribution in [0.5, 0.6) is 0 Å². The maximum Gasteiger partial charge on any atom is 0.195 e. The van der Waals surface area contributed by atoms with E-state index in [9.17, 15) is 0 Å². The molecular formula is C15H12N2OS2. The minimum Gasteiger partial charge on any atom is -0.380 e. The summed E-state index contributed by atoms with van der Waals surface area (Å²) < 4.78 is 8.60. The van der Waals surface area contributed by atoms with Crippen molar-refractivity contribution in [2.75, 3.05) is 7.11 Å². The van der Waals surface area contributed by atoms with Crippen LogP contribution >= 0.6 is 22.7 Å². The van der Waals surface area contributed by atoms with E-state index in [4.69, 9.17) is 9.72 Å². The molecule has 0 amide bonds. The van der Waals surface area contributed by atoms with Gasteiger partial charge in [-0.1, -0.05) is 17.4 Å². The number of benzene rings is 1. The molecular weight excluding hydrogens is 288 g/mol. The molecule has 4 aromatic rings. The number of ether oxygens (including phenoxy) is 1. The first-order valence-corrected chi connectivity index (χ1v) is 8.03. The van der Waals surface area contributed by atoms with Crippen LogP contribution in [-0.2, 0) is 11.3 Å². The van der Waals surface area contributed by atoms with Crippen LogP contribution in [-0.4, -0.2) is 16.5 Å². The summed E-state index contributed by atoms with van der Waals surface area (Å²) >= 11 is 3.42. The molecule has 0 atom stereocenters. The molecule has 0 saturated carbocycles. The molecule has 3 aromatic heterocycles. The molecule has 0 fully saturated rings. The van der Waals surface area contributed by atoms with E-state index < -0.39 is 0 Å². The standard InChI is InChI=1S/C15H12N2OS2/c1-18-8-10-2-3-13-14(6-10)20-15-16-12(7-17(13)15)11-4-5-19-9-11/h2-7,9H,8H2,1H3. The van der Waals surface area contributed by atoms with Crippen molar-refractivity contribution in [1.29, 1.82) is 0 Å². The Hall–Kier alpha value is -1.69. The van der Waals surface area contributed by atoms with Gasteiger partial charge < -0.3 is 4.74 Å². The zero-order valence-corrected chi connectivity index (χ0v) is 12.5. The lowest BCUT2D eigenvalue weighted by Gasteiger charge is -1.99. The van der Waals surface area contributed by atoms with Gasteiger partial charge >= 0.3 is 0 Å². The molecule has 0 aliphatic heterocycles. The van der Waals surface area contributed by atoms with Crippen LogP contribution in [0, 0.1) is 0 Å². The van der Waals surface area contributed by atoms with Crippen molar-refractivity contribution in [1.82, 2.24) is 9.38 Å². The fraction of sp³-hybridized carbons (Fsp3) is 0.133. The van der Waals surface area contributed by atoms with Gasteiger partial charge in [0.1, 0.15) is 0 Å². The number of aromatic nitrogens is 2. The Labute approximate surface area is 124 Å². The van der Waals surface area contributed by atoms with Gasteiger partial charge in [-0.15, -0.1) is 0 Å². The summed E-state index contributed by atoms with van der Waals surface area (Å²) in [6.45, 7) is 0.649. The van der Waals surface area contributed by atoms with Gasteiger partial charge in [0.2, 0.25) is 0 Å². The molecule has 0 radical (unpaired) electrons. The lowest BCUT2D eigenvalue weighted by atomic mass is 10.2. The van der Waals surface area contributed by atoms with Crippen LogP contribution in [0.2, 0.25) is 0 Å². The van der Waals surface area contributed by atoms with Crippen molar-refractivity contribution in [3.8, 4) is 11.3 Å². The highest BCUT2D eigenvalue weighted by atomic mass is 32.1. The molecule has 0 unspecified atom stereocenters. The van der Waals surface area contributed by atoms with Crippen molar-refractivity contribution in [2.24, 2.45) is 0 Å². The third kappa shape index (κ3) is 1.86. The molecule has 0 spiro atoms. The number of thiophene rings is 1. The van der Waals surface area contributed by atoms with Crippen LogP contribution < -0.4 is 0 Å². The van der Waals surface area contributed by atoms with Crippen molar-refractivity contribution >= 4 is 37.9 Å². The maximum atomic E-state index is 5.18. The lowest BCUT2D eigenvalue weighted by Crippen LogP contribution is -1.86. The number of fused-ring (bicyclic) bond motifs is 3. The number of thiazole rings is 1. The average Bonchev–Trinajstić information content (AvgIpc) is 3.13. The number of rotatable bonds is 3. The predicted molar refractivity (Wildman–Crippen MR) is 84.6 cm³/mol. The topological polar surface area (TPSA) is 26.5 Å². The molecule has 4 rings (SSSR count). The number of nitrogens with zero attached hydrogens (tertiary/aromatic N) is 2. The zero-order valence-electron chi connectivity index (χ0n) is 10.9. The van der Waals surface area contributed by atoms with Gasteiger partial charge in [-0.25, -0.2) is 4.98 Å². The van der Waals surface area contributed by atoms with Crippen LogP contribution in [0.25, 0.3) is 26.4 Å². The second-order valence-corrected chi connectivity index (χ2v) is 6.42. The van der Waals surface area contributed by atoms with Gasteiger partial charge in [-0.05, 0) is 29.1 Å². The number of hydrogen-bond acceptors (Lipinski definition) is 4. The predicted octanol–water partition coefficient (Wildman–Crippen LogP) is 4.42. The van der Waals surface area contributed by atoms with E-state index in [-0.39, 0.29) is 0 Å². The molecule has 0 bridgehead atoms. The maximum absolute atomic E-state index is 5.18. The number of methoxy groups -OCH3 is 1. The zero-order chi connectivity index (χ0) is 13.5. The molecule has 20 heavy (non-hydrogen) atoms. The highest BCUT2D eigenvalue weighted by molar-refractivity contribution is 7.23. The third-order valence-corrected chi connectivity index (χ3v) is 4.99. The first-order valence-electron chi connectivity index (χ1n) is 6.27. The van der Waals surface area contributed by atoms with Gasteiger partial charge in [-0.2, -0.15) is 11.3 Å². The second-order valence-electron chi connectivity index (χ2n) is 4.63. The smallest absolute Gasteiger partial charge is 0.195 e. The van der Waals surface area contributed by atoms with E-state index in [1.165, 1.54) is 21.3 Å². The molecule has 3 nitrogen and oxygen atoms in total. The molecule has 5 heteroatoms. The fourth-order valence-electron chi connectivity index (χ4n) is 2.35. The first-order chi connectivity index (χ1) is 9.85. The van der Waals surface area contributed by atoms with Gasteiger partial charge in [-0.3, -0.25) is 4.40 Å². The summed E-state index contributed by atoms with van der Waals surface area (Å²) in [5.41, 5.74) is 4.64. The van der Waals surface area contributed by atoms with E-state index in [1.807, 2.05) is 0 Å². The van der Waals surface area contributed by atoms with Crippen molar-refractivity contribution < 1.29 is 4.74 Å². The van der Waals surface area contributed by atoms with E-state index in [0.29, 0.717) is 6.61 Å². The highest BCUT2D eigenvalue weighted by Gasteiger charge is 2.10. The minimum absolute atomic E-state index is 0.649. The average molecular weight is 300 g/mol. The summed E-state index contributed by atoms with van der Waals surface area (Å²) in [5, 5.41) is 4.21. The monoisotopic (exact) mass is 300 g/mol. The normalized spacial score (nSPS) is 11.7. The largest absolute Gasteiger partial charge is 0.380 e. The summed E-state index contributed by atoms with van der Waals surface area (Å²) in [5.74, 6) is 0. The van der Waals surface area contributed by atoms with Crippen LogP contribution in [0.15, 0.2) is 41.2 Å². The van der Waals surface area contributed by atoms with Crippen molar-refractivity contribution in [3.05, 3.63) is 46.8 Å². The van der Waals surface area contributed by atoms with Crippen LogP contribution in [0.3, 0.4) is 0 Å². The lowest BCUT2D eigenvalue weighted by molar-refractivity contribution is 0.185. The Morgan fingerprint density at radius 2 is 2.25 bits per heavy atom. The third-order valence-electron chi connectivity index (χ3n) is 3.29. The molecule has 3 heterocycles. The Bertz CT molecular complexity index is 874. The number of hydrogen-bond donors (Lipinski definition) is 0. The number of imidazole rings is 1. The first kappa shape index (κ1) is 12.1. The summed E-state index contributed by atoms with van der Waals surface area (Å²) in [4.78, 5) is 5.76. The van der Waals surface area contributed by atoms with Crippen molar-refractivity contribution in [3.63, 3.8) is 0 Å². The van der Waals surface area contributed by atoms with Crippen LogP contribution in [0.4, 0.5) is 0 Å². The van der Waals surface area contributed by atoms with E-state index in [2.05, 4.69) is 45.6 Å². The van der Waals surface area contributed by atoms with E-state index in [0.717, 1.165) is 10.7 Å². The Morgan fingerprint density at radius 1 is 1.30 bits per heavy atom. The van der Waals surface area contributed by atoms with E-state index in [1.54, 1.807) is 29.8 Å². The van der Waals surface area contributed by atoms with Gasteiger partial charge in [0.25, 0.3) is 0 Å². The summed E-state index contributed by atoms with van der Waals surface area (Å²) in [7, 11) is 1.72. The van der Waals surface area contributed by atoms with Crippen LogP contribution in [0.1, 0.15) is 5.56 Å². The minimum atomic E-state index is 0.649. The summed E-state index contributed by atoms with van der Waals surface area (Å²) in [6.07, 6.45) is 2.12. The highest BCUT2D eigenvalue weighted by Crippen LogP contribution is 2.30. The molecule has 0 aliphatic rings. The molecule has 0 aliphatic carbocycles. The summed E-state index contributed by atoms with van der Waals surface area (Å²) in [6, 6.07) is 8.55. The van der Waals surface area contributed by atoms with Crippen molar-refractivity contribution in [2.45, 2.75) is 6.61 Å². The van der Waals surface area contributed by atoms with Gasteiger partial charge in [0.15, 0.2) is 4.96 Å². The molecule has 100 valence electrons. The fourth-order valence-corrected chi connectivity index (χ4v) is 4.07. The quantitative estimate of drug-likeness (QED) is 0.560. The SMILES string of the molecule is COCc1ccc2c(c1)sc1nc(-c3ccsc3)cn12. The van der Waals surface area contributed by atoms with E-state index >= 15 is 0 Å².